The molecule has 2 heterocycles. The lowest BCUT2D eigenvalue weighted by molar-refractivity contribution is -0.136. The second-order valence-corrected chi connectivity index (χ2v) is 5.21. The number of carbonyl (C=O) groups excluding carboxylic acids is 2. The average molecular weight is 253 g/mol. The molecule has 0 unspecified atom stereocenters. The summed E-state index contributed by atoms with van der Waals surface area (Å²) in [7, 11) is 0. The standard InChI is InChI=1S/C13H23N3O2/c1-11(17)15-7-2-8-16(10-9-15)13(18)12-3-5-14-6-4-12/h12,14H,2-10H2,1H3. The van der Waals surface area contributed by atoms with Crippen molar-refractivity contribution < 1.29 is 9.59 Å². The molecule has 2 saturated heterocycles. The first-order valence-corrected chi connectivity index (χ1v) is 6.93. The first-order valence-electron chi connectivity index (χ1n) is 6.93. The van der Waals surface area contributed by atoms with E-state index in [4.69, 9.17) is 0 Å². The van der Waals surface area contributed by atoms with Gasteiger partial charge in [-0.2, -0.15) is 0 Å². The van der Waals surface area contributed by atoms with E-state index in [0.717, 1.165) is 45.4 Å². The molecule has 0 spiro atoms. The second kappa shape index (κ2) is 6.18. The van der Waals surface area contributed by atoms with Crippen LogP contribution in [0.15, 0.2) is 0 Å². The Morgan fingerprint density at radius 3 is 2.28 bits per heavy atom. The molecule has 2 amide bonds. The zero-order chi connectivity index (χ0) is 13.0. The normalized spacial score (nSPS) is 22.7. The third kappa shape index (κ3) is 3.22. The summed E-state index contributed by atoms with van der Waals surface area (Å²) in [6.07, 6.45) is 2.80. The summed E-state index contributed by atoms with van der Waals surface area (Å²) in [6, 6.07) is 0. The Hall–Kier alpha value is -1.10. The molecule has 5 nitrogen and oxygen atoms in total. The van der Waals surface area contributed by atoms with E-state index in [2.05, 4.69) is 5.32 Å². The van der Waals surface area contributed by atoms with Crippen LogP contribution in [0, 0.1) is 5.92 Å². The van der Waals surface area contributed by atoms with E-state index in [9.17, 15) is 9.59 Å². The quantitative estimate of drug-likeness (QED) is 0.719. The summed E-state index contributed by atoms with van der Waals surface area (Å²) in [5.74, 6) is 0.600. The van der Waals surface area contributed by atoms with Crippen molar-refractivity contribution in [1.29, 1.82) is 0 Å². The molecule has 2 rings (SSSR count). The summed E-state index contributed by atoms with van der Waals surface area (Å²) >= 11 is 0. The summed E-state index contributed by atoms with van der Waals surface area (Å²) in [6.45, 7) is 6.46. The third-order valence-electron chi connectivity index (χ3n) is 3.94. The van der Waals surface area contributed by atoms with Crippen LogP contribution in [0.25, 0.3) is 0 Å². The molecule has 18 heavy (non-hydrogen) atoms. The summed E-state index contributed by atoms with van der Waals surface area (Å²) in [4.78, 5) is 27.5. The van der Waals surface area contributed by atoms with Gasteiger partial charge in [-0.3, -0.25) is 9.59 Å². The van der Waals surface area contributed by atoms with Crippen LogP contribution in [-0.4, -0.2) is 60.9 Å². The Morgan fingerprint density at radius 1 is 1.00 bits per heavy atom. The first-order chi connectivity index (χ1) is 8.68. The number of amides is 2. The number of nitrogens with one attached hydrogen (secondary N) is 1. The lowest BCUT2D eigenvalue weighted by Crippen LogP contribution is -2.42. The molecule has 0 bridgehead atoms. The fraction of sp³-hybridized carbons (Fsp3) is 0.846. The predicted octanol–water partition coefficient (Wildman–Crippen LogP) is 0.0668. The van der Waals surface area contributed by atoms with Gasteiger partial charge in [0.1, 0.15) is 0 Å². The highest BCUT2D eigenvalue weighted by Gasteiger charge is 2.27. The van der Waals surface area contributed by atoms with Crippen molar-refractivity contribution in [2.75, 3.05) is 39.3 Å². The summed E-state index contributed by atoms with van der Waals surface area (Å²) in [5.41, 5.74) is 0. The van der Waals surface area contributed by atoms with Gasteiger partial charge in [0.2, 0.25) is 11.8 Å². The van der Waals surface area contributed by atoms with E-state index in [1.54, 1.807) is 6.92 Å². The fourth-order valence-corrected chi connectivity index (χ4v) is 2.78. The smallest absolute Gasteiger partial charge is 0.225 e. The first kappa shape index (κ1) is 13.3. The van der Waals surface area contributed by atoms with Gasteiger partial charge in [-0.15, -0.1) is 0 Å². The number of hydrogen-bond donors (Lipinski definition) is 1. The number of rotatable bonds is 1. The van der Waals surface area contributed by atoms with Gasteiger partial charge in [0.25, 0.3) is 0 Å². The highest BCUT2D eigenvalue weighted by molar-refractivity contribution is 5.79. The molecule has 2 aliphatic rings. The van der Waals surface area contributed by atoms with Crippen molar-refractivity contribution in [3.63, 3.8) is 0 Å². The van der Waals surface area contributed by atoms with E-state index in [0.29, 0.717) is 19.0 Å². The highest BCUT2D eigenvalue weighted by atomic mass is 16.2. The molecular formula is C13H23N3O2. The largest absolute Gasteiger partial charge is 0.341 e. The summed E-state index contributed by atoms with van der Waals surface area (Å²) in [5, 5.41) is 3.28. The van der Waals surface area contributed by atoms with Crippen molar-refractivity contribution in [2.24, 2.45) is 5.92 Å². The van der Waals surface area contributed by atoms with Crippen LogP contribution in [-0.2, 0) is 9.59 Å². The Kier molecular flexibility index (Phi) is 4.58. The monoisotopic (exact) mass is 253 g/mol. The van der Waals surface area contributed by atoms with Crippen molar-refractivity contribution in [2.45, 2.75) is 26.2 Å². The molecule has 102 valence electrons. The zero-order valence-corrected chi connectivity index (χ0v) is 11.2. The van der Waals surface area contributed by atoms with E-state index in [1.807, 2.05) is 9.80 Å². The van der Waals surface area contributed by atoms with Crippen LogP contribution in [0.5, 0.6) is 0 Å². The van der Waals surface area contributed by atoms with Gasteiger partial charge < -0.3 is 15.1 Å². The lowest BCUT2D eigenvalue weighted by Gasteiger charge is -2.28. The molecule has 0 atom stereocenters. The SMILES string of the molecule is CC(=O)N1CCCN(C(=O)C2CCNCC2)CC1. The number of nitrogens with zero attached hydrogens (tertiary/aromatic N) is 2. The van der Waals surface area contributed by atoms with Gasteiger partial charge in [-0.25, -0.2) is 0 Å². The van der Waals surface area contributed by atoms with Gasteiger partial charge in [-0.1, -0.05) is 0 Å². The van der Waals surface area contributed by atoms with Crippen LogP contribution in [0.4, 0.5) is 0 Å². The van der Waals surface area contributed by atoms with Crippen molar-refractivity contribution in [3.05, 3.63) is 0 Å². The maximum absolute atomic E-state index is 12.4. The molecule has 2 aliphatic heterocycles. The second-order valence-electron chi connectivity index (χ2n) is 5.21. The molecule has 5 heteroatoms. The van der Waals surface area contributed by atoms with E-state index in [-0.39, 0.29) is 11.8 Å². The summed E-state index contributed by atoms with van der Waals surface area (Å²) < 4.78 is 0. The van der Waals surface area contributed by atoms with Gasteiger partial charge in [0.05, 0.1) is 0 Å². The molecule has 1 N–H and O–H groups in total. The van der Waals surface area contributed by atoms with Gasteiger partial charge in [-0.05, 0) is 32.4 Å². The molecule has 0 radical (unpaired) electrons. The maximum Gasteiger partial charge on any atom is 0.225 e. The molecule has 0 aromatic heterocycles. The minimum Gasteiger partial charge on any atom is -0.341 e. The van der Waals surface area contributed by atoms with Crippen molar-refractivity contribution in [3.8, 4) is 0 Å². The molecule has 0 saturated carbocycles. The minimum atomic E-state index is 0.117. The fourth-order valence-electron chi connectivity index (χ4n) is 2.78. The van der Waals surface area contributed by atoms with Gasteiger partial charge in [0, 0.05) is 39.0 Å². The molecular weight excluding hydrogens is 230 g/mol. The maximum atomic E-state index is 12.4. The molecule has 2 fully saturated rings. The Bertz CT molecular complexity index is 313. The topological polar surface area (TPSA) is 52.7 Å². The van der Waals surface area contributed by atoms with Gasteiger partial charge >= 0.3 is 0 Å². The lowest BCUT2D eigenvalue weighted by atomic mass is 9.96. The zero-order valence-electron chi connectivity index (χ0n) is 11.2. The van der Waals surface area contributed by atoms with Crippen LogP contribution < -0.4 is 5.32 Å². The Morgan fingerprint density at radius 2 is 1.61 bits per heavy atom. The molecule has 0 aliphatic carbocycles. The van der Waals surface area contributed by atoms with Crippen molar-refractivity contribution >= 4 is 11.8 Å². The number of carbonyl (C=O) groups is 2. The van der Waals surface area contributed by atoms with Crippen LogP contribution in [0.3, 0.4) is 0 Å². The van der Waals surface area contributed by atoms with Crippen LogP contribution in [0.1, 0.15) is 26.2 Å². The molecule has 0 aromatic carbocycles. The number of hydrogen-bond acceptors (Lipinski definition) is 3. The van der Waals surface area contributed by atoms with Crippen molar-refractivity contribution in [1.82, 2.24) is 15.1 Å². The molecule has 0 aromatic rings. The average Bonchev–Trinajstić information content (AvgIpc) is 2.64. The van der Waals surface area contributed by atoms with Crippen LogP contribution >= 0.6 is 0 Å². The van der Waals surface area contributed by atoms with E-state index in [1.165, 1.54) is 0 Å². The third-order valence-corrected chi connectivity index (χ3v) is 3.94. The van der Waals surface area contributed by atoms with E-state index >= 15 is 0 Å². The highest BCUT2D eigenvalue weighted by Crippen LogP contribution is 2.16. The minimum absolute atomic E-state index is 0.117. The number of piperidine rings is 1. The van der Waals surface area contributed by atoms with E-state index < -0.39 is 0 Å². The van der Waals surface area contributed by atoms with Gasteiger partial charge in [0.15, 0.2) is 0 Å². The van der Waals surface area contributed by atoms with Crippen LogP contribution in [0.2, 0.25) is 0 Å². The Balaban J connectivity index is 1.88. The Labute approximate surface area is 108 Å². The predicted molar refractivity (Wildman–Crippen MR) is 69.0 cm³/mol.